The molecule has 112 valence electrons. The van der Waals surface area contributed by atoms with Crippen molar-refractivity contribution in [2.24, 2.45) is 5.41 Å². The minimum Gasteiger partial charge on any atom is -0.397 e. The van der Waals surface area contributed by atoms with Crippen LogP contribution in [-0.2, 0) is 4.74 Å². The smallest absolute Gasteiger partial charge is 0.268 e. The molecule has 1 aliphatic rings. The highest BCUT2D eigenvalue weighted by atomic mass is 16.5. The Bertz CT molecular complexity index is 473. The number of aromatic nitrogens is 1. The molecule has 0 unspecified atom stereocenters. The van der Waals surface area contributed by atoms with E-state index in [0.717, 1.165) is 26.1 Å². The van der Waals surface area contributed by atoms with Crippen LogP contribution >= 0.6 is 0 Å². The van der Waals surface area contributed by atoms with Crippen LogP contribution in [0.1, 0.15) is 50.1 Å². The number of ether oxygens (including phenoxy) is 1. The molecule has 2 rings (SSSR count). The van der Waals surface area contributed by atoms with Crippen molar-refractivity contribution >= 4 is 11.6 Å². The second-order valence-corrected chi connectivity index (χ2v) is 6.27. The summed E-state index contributed by atoms with van der Waals surface area (Å²) in [5, 5.41) is 3.05. The molecule has 0 spiro atoms. The van der Waals surface area contributed by atoms with Crippen LogP contribution in [0.25, 0.3) is 0 Å². The number of rotatable bonds is 4. The normalized spacial score (nSPS) is 18.2. The third-order valence-electron chi connectivity index (χ3n) is 4.03. The zero-order chi connectivity index (χ0) is 14.8. The minimum atomic E-state index is -0.0527. The maximum Gasteiger partial charge on any atom is 0.268 e. The molecule has 0 aromatic carbocycles. The summed E-state index contributed by atoms with van der Waals surface area (Å²) in [6.45, 7) is 8.51. The molecule has 1 aliphatic heterocycles. The Hall–Kier alpha value is -1.49. The summed E-state index contributed by atoms with van der Waals surface area (Å²) in [5.74, 6) is -0.0527. The highest BCUT2D eigenvalue weighted by molar-refractivity contribution is 5.93. The average Bonchev–Trinajstić information content (AvgIpc) is 2.79. The number of nitrogen functional groups attached to an aromatic ring is 1. The summed E-state index contributed by atoms with van der Waals surface area (Å²) in [5.41, 5.74) is 7.19. The fourth-order valence-electron chi connectivity index (χ4n) is 2.54. The van der Waals surface area contributed by atoms with Crippen LogP contribution in [0.2, 0.25) is 0 Å². The molecule has 1 fully saturated rings. The maximum absolute atomic E-state index is 12.3. The molecule has 5 heteroatoms. The Kier molecular flexibility index (Phi) is 4.38. The number of carbonyl (C=O) groups excluding carboxylic acids is 1. The number of carbonyl (C=O) groups is 1. The summed E-state index contributed by atoms with van der Waals surface area (Å²) < 4.78 is 7.29. The van der Waals surface area contributed by atoms with Crippen molar-refractivity contribution in [2.45, 2.75) is 39.7 Å². The summed E-state index contributed by atoms with van der Waals surface area (Å²) in [6, 6.07) is 1.95. The van der Waals surface area contributed by atoms with E-state index in [4.69, 9.17) is 10.5 Å². The number of nitrogens with one attached hydrogen (secondary N) is 1. The average molecular weight is 279 g/mol. The molecule has 1 saturated heterocycles. The first-order chi connectivity index (χ1) is 9.41. The fraction of sp³-hybridized carbons (Fsp3) is 0.667. The van der Waals surface area contributed by atoms with Gasteiger partial charge >= 0.3 is 0 Å². The van der Waals surface area contributed by atoms with E-state index in [0.29, 0.717) is 17.9 Å². The monoisotopic (exact) mass is 279 g/mol. The molecule has 1 amide bonds. The van der Waals surface area contributed by atoms with Crippen LogP contribution in [0.4, 0.5) is 5.69 Å². The predicted octanol–water partition coefficient (Wildman–Crippen LogP) is 2.20. The van der Waals surface area contributed by atoms with Gasteiger partial charge in [0.25, 0.3) is 5.91 Å². The quantitative estimate of drug-likeness (QED) is 0.887. The van der Waals surface area contributed by atoms with E-state index >= 15 is 0 Å². The zero-order valence-electron chi connectivity index (χ0n) is 12.6. The number of nitrogens with zero attached hydrogens (tertiary/aromatic N) is 1. The molecule has 2 heterocycles. The van der Waals surface area contributed by atoms with Gasteiger partial charge in [-0.25, -0.2) is 0 Å². The van der Waals surface area contributed by atoms with Gasteiger partial charge in [-0.2, -0.15) is 0 Å². The Balaban J connectivity index is 2.01. The van der Waals surface area contributed by atoms with E-state index < -0.39 is 0 Å². The van der Waals surface area contributed by atoms with E-state index in [2.05, 4.69) is 12.2 Å². The number of amides is 1. The molecule has 3 N–H and O–H groups in total. The highest BCUT2D eigenvalue weighted by Crippen LogP contribution is 2.28. The van der Waals surface area contributed by atoms with Crippen molar-refractivity contribution in [1.82, 2.24) is 9.88 Å². The first-order valence-corrected chi connectivity index (χ1v) is 7.25. The van der Waals surface area contributed by atoms with Crippen molar-refractivity contribution in [1.29, 1.82) is 0 Å². The summed E-state index contributed by atoms with van der Waals surface area (Å²) in [7, 11) is 0. The third kappa shape index (κ3) is 3.33. The predicted molar refractivity (Wildman–Crippen MR) is 79.7 cm³/mol. The molecule has 0 atom stereocenters. The SMILES string of the molecule is CC(C)n1cc(N)cc1C(=O)NCC1(C)CCOCC1. The Morgan fingerprint density at radius 3 is 2.75 bits per heavy atom. The van der Waals surface area contributed by atoms with Crippen molar-refractivity contribution in [3.63, 3.8) is 0 Å². The zero-order valence-corrected chi connectivity index (χ0v) is 12.6. The van der Waals surface area contributed by atoms with Gasteiger partial charge in [-0.1, -0.05) is 6.92 Å². The fourth-order valence-corrected chi connectivity index (χ4v) is 2.54. The molecule has 1 aromatic rings. The molecule has 20 heavy (non-hydrogen) atoms. The molecule has 0 aliphatic carbocycles. The highest BCUT2D eigenvalue weighted by Gasteiger charge is 2.28. The Labute approximate surface area is 120 Å². The van der Waals surface area contributed by atoms with Crippen LogP contribution in [0, 0.1) is 5.41 Å². The van der Waals surface area contributed by atoms with Gasteiger partial charge in [-0.3, -0.25) is 4.79 Å². The molecular formula is C15H25N3O2. The molecule has 0 saturated carbocycles. The van der Waals surface area contributed by atoms with E-state index in [1.54, 1.807) is 6.07 Å². The van der Waals surface area contributed by atoms with Gasteiger partial charge < -0.3 is 20.4 Å². The summed E-state index contributed by atoms with van der Waals surface area (Å²) in [6.07, 6.45) is 3.79. The number of nitrogens with two attached hydrogens (primary N) is 1. The topological polar surface area (TPSA) is 69.3 Å². The van der Waals surface area contributed by atoms with Crippen molar-refractivity contribution in [2.75, 3.05) is 25.5 Å². The van der Waals surface area contributed by atoms with E-state index in [1.165, 1.54) is 0 Å². The van der Waals surface area contributed by atoms with Gasteiger partial charge in [-0.15, -0.1) is 0 Å². The van der Waals surface area contributed by atoms with Gasteiger partial charge in [0.05, 0.1) is 5.69 Å². The Morgan fingerprint density at radius 1 is 1.50 bits per heavy atom. The van der Waals surface area contributed by atoms with E-state index in [-0.39, 0.29) is 17.4 Å². The van der Waals surface area contributed by atoms with Crippen LogP contribution in [0.3, 0.4) is 0 Å². The lowest BCUT2D eigenvalue weighted by Crippen LogP contribution is -2.40. The minimum absolute atomic E-state index is 0.0527. The van der Waals surface area contributed by atoms with Crippen LogP contribution in [0.5, 0.6) is 0 Å². The molecule has 0 bridgehead atoms. The summed E-state index contributed by atoms with van der Waals surface area (Å²) >= 11 is 0. The van der Waals surface area contributed by atoms with Crippen molar-refractivity contribution < 1.29 is 9.53 Å². The van der Waals surface area contributed by atoms with E-state index in [1.807, 2.05) is 24.6 Å². The summed E-state index contributed by atoms with van der Waals surface area (Å²) in [4.78, 5) is 12.3. The van der Waals surface area contributed by atoms with Crippen LogP contribution in [-0.4, -0.2) is 30.2 Å². The number of hydrogen-bond acceptors (Lipinski definition) is 3. The number of anilines is 1. The van der Waals surface area contributed by atoms with Gasteiger partial charge in [0, 0.05) is 32.0 Å². The first-order valence-electron chi connectivity index (χ1n) is 7.25. The molecule has 1 aromatic heterocycles. The van der Waals surface area contributed by atoms with Gasteiger partial charge in [-0.05, 0) is 38.2 Å². The largest absolute Gasteiger partial charge is 0.397 e. The molecule has 0 radical (unpaired) electrons. The van der Waals surface area contributed by atoms with Crippen LogP contribution < -0.4 is 11.1 Å². The third-order valence-corrected chi connectivity index (χ3v) is 4.03. The second-order valence-electron chi connectivity index (χ2n) is 6.27. The lowest BCUT2D eigenvalue weighted by molar-refractivity contribution is 0.0238. The molecule has 5 nitrogen and oxygen atoms in total. The van der Waals surface area contributed by atoms with Crippen LogP contribution in [0.15, 0.2) is 12.3 Å². The standard InChI is InChI=1S/C15H25N3O2/c1-11(2)18-9-12(16)8-13(18)14(19)17-10-15(3)4-6-20-7-5-15/h8-9,11H,4-7,10,16H2,1-3H3,(H,17,19). The van der Waals surface area contributed by atoms with E-state index in [9.17, 15) is 4.79 Å². The molecular weight excluding hydrogens is 254 g/mol. The second kappa shape index (κ2) is 5.87. The Morgan fingerprint density at radius 2 is 2.15 bits per heavy atom. The van der Waals surface area contributed by atoms with Crippen molar-refractivity contribution in [3.05, 3.63) is 18.0 Å². The van der Waals surface area contributed by atoms with Gasteiger partial charge in [0.15, 0.2) is 0 Å². The van der Waals surface area contributed by atoms with Gasteiger partial charge in [0.2, 0.25) is 0 Å². The maximum atomic E-state index is 12.3. The lowest BCUT2D eigenvalue weighted by Gasteiger charge is -2.33. The number of hydrogen-bond donors (Lipinski definition) is 2. The van der Waals surface area contributed by atoms with Crippen molar-refractivity contribution in [3.8, 4) is 0 Å². The van der Waals surface area contributed by atoms with Gasteiger partial charge in [0.1, 0.15) is 5.69 Å². The lowest BCUT2D eigenvalue weighted by atomic mass is 9.82. The first kappa shape index (κ1) is 14.9.